The molecule has 5 nitrogen and oxygen atoms in total. The van der Waals surface area contributed by atoms with E-state index in [0.29, 0.717) is 19.8 Å². The SMILES string of the molecule is O=C(COCC1CNCCO1)NCc1ccccc1. The van der Waals surface area contributed by atoms with E-state index >= 15 is 0 Å². The standard InChI is InChI=1S/C14H20N2O3/c17-14(16-8-12-4-2-1-3-5-12)11-18-10-13-9-15-6-7-19-13/h1-5,13,15H,6-11H2,(H,16,17). The number of carbonyl (C=O) groups is 1. The van der Waals surface area contributed by atoms with Crippen molar-refractivity contribution >= 4 is 5.91 Å². The van der Waals surface area contributed by atoms with Gasteiger partial charge in [-0.1, -0.05) is 30.3 Å². The predicted octanol–water partition coefficient (Wildman–Crippen LogP) is 0.308. The van der Waals surface area contributed by atoms with Crippen molar-refractivity contribution in [3.8, 4) is 0 Å². The van der Waals surface area contributed by atoms with E-state index < -0.39 is 0 Å². The van der Waals surface area contributed by atoms with Crippen LogP contribution in [0.2, 0.25) is 0 Å². The molecule has 0 aromatic heterocycles. The number of benzene rings is 1. The summed E-state index contributed by atoms with van der Waals surface area (Å²) in [6, 6.07) is 9.80. The summed E-state index contributed by atoms with van der Waals surface area (Å²) >= 11 is 0. The van der Waals surface area contributed by atoms with Crippen LogP contribution in [0.15, 0.2) is 30.3 Å². The van der Waals surface area contributed by atoms with Gasteiger partial charge in [-0.05, 0) is 5.56 Å². The second kappa shape index (κ2) is 7.89. The molecule has 1 aliphatic rings. The van der Waals surface area contributed by atoms with Crippen LogP contribution in [0.3, 0.4) is 0 Å². The summed E-state index contributed by atoms with van der Waals surface area (Å²) in [5.74, 6) is -0.104. The maximum Gasteiger partial charge on any atom is 0.246 e. The van der Waals surface area contributed by atoms with Gasteiger partial charge in [-0.3, -0.25) is 4.79 Å². The molecule has 1 aromatic rings. The molecule has 1 amide bonds. The lowest BCUT2D eigenvalue weighted by molar-refractivity contribution is -0.127. The number of ether oxygens (including phenoxy) is 2. The van der Waals surface area contributed by atoms with Crippen LogP contribution in [0.25, 0.3) is 0 Å². The Morgan fingerprint density at radius 1 is 1.42 bits per heavy atom. The topological polar surface area (TPSA) is 59.6 Å². The molecule has 0 bridgehead atoms. The maximum absolute atomic E-state index is 11.6. The molecule has 1 aliphatic heterocycles. The molecule has 0 saturated carbocycles. The van der Waals surface area contributed by atoms with Gasteiger partial charge in [0.05, 0.1) is 19.3 Å². The minimum atomic E-state index is -0.104. The Labute approximate surface area is 113 Å². The van der Waals surface area contributed by atoms with E-state index in [2.05, 4.69) is 10.6 Å². The van der Waals surface area contributed by atoms with Gasteiger partial charge < -0.3 is 20.1 Å². The molecule has 1 atom stereocenters. The van der Waals surface area contributed by atoms with Crippen LogP contribution in [-0.4, -0.2) is 44.9 Å². The molecule has 1 unspecified atom stereocenters. The van der Waals surface area contributed by atoms with Gasteiger partial charge in [0, 0.05) is 19.6 Å². The van der Waals surface area contributed by atoms with E-state index in [-0.39, 0.29) is 18.6 Å². The second-order valence-electron chi connectivity index (χ2n) is 4.47. The van der Waals surface area contributed by atoms with E-state index in [1.165, 1.54) is 0 Å². The first kappa shape index (κ1) is 14.0. The molecule has 0 aliphatic carbocycles. The molecule has 5 heteroatoms. The minimum absolute atomic E-state index is 0.0515. The lowest BCUT2D eigenvalue weighted by atomic mass is 10.2. The van der Waals surface area contributed by atoms with Crippen molar-refractivity contribution in [1.82, 2.24) is 10.6 Å². The van der Waals surface area contributed by atoms with Crippen LogP contribution in [0.1, 0.15) is 5.56 Å². The zero-order valence-electron chi connectivity index (χ0n) is 10.9. The van der Waals surface area contributed by atoms with Crippen LogP contribution >= 0.6 is 0 Å². The first-order valence-corrected chi connectivity index (χ1v) is 6.55. The highest BCUT2D eigenvalue weighted by atomic mass is 16.5. The molecule has 104 valence electrons. The zero-order chi connectivity index (χ0) is 13.3. The third-order valence-corrected chi connectivity index (χ3v) is 2.87. The highest BCUT2D eigenvalue weighted by molar-refractivity contribution is 5.77. The lowest BCUT2D eigenvalue weighted by Gasteiger charge is -2.23. The van der Waals surface area contributed by atoms with Gasteiger partial charge >= 0.3 is 0 Å². The Hall–Kier alpha value is -1.43. The van der Waals surface area contributed by atoms with Crippen molar-refractivity contribution in [3.05, 3.63) is 35.9 Å². The molecule has 1 aromatic carbocycles. The molecule has 2 rings (SSSR count). The quantitative estimate of drug-likeness (QED) is 0.776. The summed E-state index contributed by atoms with van der Waals surface area (Å²) in [4.78, 5) is 11.6. The summed E-state index contributed by atoms with van der Waals surface area (Å²) < 4.78 is 10.8. The summed E-state index contributed by atoms with van der Waals surface area (Å²) in [5, 5.41) is 6.03. The fourth-order valence-electron chi connectivity index (χ4n) is 1.86. The van der Waals surface area contributed by atoms with Crippen LogP contribution in [0, 0.1) is 0 Å². The van der Waals surface area contributed by atoms with Gasteiger partial charge in [-0.25, -0.2) is 0 Å². The Balaban J connectivity index is 1.57. The van der Waals surface area contributed by atoms with Crippen molar-refractivity contribution in [1.29, 1.82) is 0 Å². The Kier molecular flexibility index (Phi) is 5.81. The van der Waals surface area contributed by atoms with Gasteiger partial charge in [-0.15, -0.1) is 0 Å². The van der Waals surface area contributed by atoms with Crippen LogP contribution in [0.4, 0.5) is 0 Å². The number of amides is 1. The van der Waals surface area contributed by atoms with Crippen LogP contribution < -0.4 is 10.6 Å². The molecule has 1 saturated heterocycles. The smallest absolute Gasteiger partial charge is 0.246 e. The number of rotatable bonds is 6. The third-order valence-electron chi connectivity index (χ3n) is 2.87. The number of nitrogens with one attached hydrogen (secondary N) is 2. The van der Waals surface area contributed by atoms with Crippen molar-refractivity contribution in [2.45, 2.75) is 12.6 Å². The van der Waals surface area contributed by atoms with Crippen molar-refractivity contribution < 1.29 is 14.3 Å². The Bertz CT molecular complexity index is 378. The molecule has 2 N–H and O–H groups in total. The third kappa shape index (κ3) is 5.38. The van der Waals surface area contributed by atoms with E-state index in [4.69, 9.17) is 9.47 Å². The molecule has 1 fully saturated rings. The van der Waals surface area contributed by atoms with Gasteiger partial charge in [-0.2, -0.15) is 0 Å². The Morgan fingerprint density at radius 2 is 2.26 bits per heavy atom. The fourth-order valence-corrected chi connectivity index (χ4v) is 1.86. The first-order valence-electron chi connectivity index (χ1n) is 6.55. The Morgan fingerprint density at radius 3 is 3.00 bits per heavy atom. The number of hydrogen-bond donors (Lipinski definition) is 2. The van der Waals surface area contributed by atoms with Crippen LogP contribution in [-0.2, 0) is 20.8 Å². The molecular formula is C14H20N2O3. The van der Waals surface area contributed by atoms with Gasteiger partial charge in [0.1, 0.15) is 6.61 Å². The average Bonchev–Trinajstić information content (AvgIpc) is 2.47. The van der Waals surface area contributed by atoms with Crippen molar-refractivity contribution in [3.63, 3.8) is 0 Å². The van der Waals surface area contributed by atoms with E-state index in [1.807, 2.05) is 30.3 Å². The molecule has 0 spiro atoms. The monoisotopic (exact) mass is 264 g/mol. The van der Waals surface area contributed by atoms with Crippen molar-refractivity contribution in [2.75, 3.05) is 32.9 Å². The molecule has 1 heterocycles. The largest absolute Gasteiger partial charge is 0.373 e. The summed E-state index contributed by atoms with van der Waals surface area (Å²) in [5.41, 5.74) is 1.08. The number of hydrogen-bond acceptors (Lipinski definition) is 4. The highest BCUT2D eigenvalue weighted by Gasteiger charge is 2.13. The first-order chi connectivity index (χ1) is 9.34. The fraction of sp³-hybridized carbons (Fsp3) is 0.500. The molecule has 0 radical (unpaired) electrons. The van der Waals surface area contributed by atoms with E-state index in [1.54, 1.807) is 0 Å². The zero-order valence-corrected chi connectivity index (χ0v) is 10.9. The second-order valence-corrected chi connectivity index (χ2v) is 4.47. The number of morpholine rings is 1. The summed E-state index contributed by atoms with van der Waals surface area (Å²) in [6.07, 6.45) is 0.0515. The number of carbonyl (C=O) groups excluding carboxylic acids is 1. The van der Waals surface area contributed by atoms with Gasteiger partial charge in [0.2, 0.25) is 5.91 Å². The lowest BCUT2D eigenvalue weighted by Crippen LogP contribution is -2.41. The average molecular weight is 264 g/mol. The van der Waals surface area contributed by atoms with Gasteiger partial charge in [0.15, 0.2) is 0 Å². The predicted molar refractivity (Wildman–Crippen MR) is 71.7 cm³/mol. The van der Waals surface area contributed by atoms with E-state index in [0.717, 1.165) is 18.7 Å². The molecular weight excluding hydrogens is 244 g/mol. The molecule has 19 heavy (non-hydrogen) atoms. The van der Waals surface area contributed by atoms with Crippen molar-refractivity contribution in [2.24, 2.45) is 0 Å². The summed E-state index contributed by atoms with van der Waals surface area (Å²) in [7, 11) is 0. The van der Waals surface area contributed by atoms with Gasteiger partial charge in [0.25, 0.3) is 0 Å². The summed E-state index contributed by atoms with van der Waals surface area (Å²) in [6.45, 7) is 3.43. The normalized spacial score (nSPS) is 19.1. The van der Waals surface area contributed by atoms with Crippen LogP contribution in [0.5, 0.6) is 0 Å². The highest BCUT2D eigenvalue weighted by Crippen LogP contribution is 1.98. The van der Waals surface area contributed by atoms with E-state index in [9.17, 15) is 4.79 Å². The maximum atomic E-state index is 11.6. The minimum Gasteiger partial charge on any atom is -0.373 e.